The summed E-state index contributed by atoms with van der Waals surface area (Å²) in [5.74, 6) is -1.44. The number of nitrogens with one attached hydrogen (secondary N) is 2. The summed E-state index contributed by atoms with van der Waals surface area (Å²) in [6, 6.07) is 18.6. The van der Waals surface area contributed by atoms with Crippen LogP contribution in [0.5, 0.6) is 5.75 Å². The molecule has 0 aromatic heterocycles. The van der Waals surface area contributed by atoms with Gasteiger partial charge in [-0.25, -0.2) is 0 Å². The van der Waals surface area contributed by atoms with Crippen molar-refractivity contribution in [3.05, 3.63) is 87.4 Å². The monoisotopic (exact) mass is 570 g/mol. The number of ether oxygens (including phenoxy) is 1. The highest BCUT2D eigenvalue weighted by atomic mass is 35.5. The number of benzene rings is 3. The molecule has 0 saturated heterocycles. The third-order valence-corrected chi connectivity index (χ3v) is 7.20. The van der Waals surface area contributed by atoms with Gasteiger partial charge in [0.25, 0.3) is 5.91 Å². The fourth-order valence-corrected chi connectivity index (χ4v) is 5.27. The molecule has 0 radical (unpaired) electrons. The summed E-state index contributed by atoms with van der Waals surface area (Å²) in [7, 11) is 0. The average molecular weight is 573 g/mol. The molecule has 1 saturated carbocycles. The summed E-state index contributed by atoms with van der Waals surface area (Å²) in [6.07, 6.45) is -0.781. The van der Waals surface area contributed by atoms with Crippen LogP contribution in [0.2, 0.25) is 15.1 Å². The Bertz CT molecular complexity index is 1250. The van der Waals surface area contributed by atoms with E-state index in [0.717, 1.165) is 0 Å². The van der Waals surface area contributed by atoms with Crippen LogP contribution in [0.1, 0.15) is 18.4 Å². The molecule has 2 N–H and O–H groups in total. The molecule has 182 valence electrons. The van der Waals surface area contributed by atoms with Crippen molar-refractivity contribution >= 4 is 81.2 Å². The quantitative estimate of drug-likeness (QED) is 0.287. The van der Waals surface area contributed by atoms with Crippen molar-refractivity contribution in [2.24, 2.45) is 5.92 Å². The first-order valence-electron chi connectivity index (χ1n) is 10.5. The van der Waals surface area contributed by atoms with Crippen LogP contribution in [0.4, 0.5) is 11.4 Å². The number of hydrogen-bond acceptors (Lipinski definition) is 3. The second kappa shape index (κ2) is 10.5. The van der Waals surface area contributed by atoms with Gasteiger partial charge in [-0.2, -0.15) is 0 Å². The molecule has 0 spiro atoms. The Morgan fingerprint density at radius 1 is 0.914 bits per heavy atom. The Morgan fingerprint density at radius 3 is 2.23 bits per heavy atom. The van der Waals surface area contributed by atoms with Crippen molar-refractivity contribution in [2.45, 2.75) is 23.3 Å². The minimum Gasteiger partial charge on any atom is -0.481 e. The van der Waals surface area contributed by atoms with Gasteiger partial charge in [-0.15, -0.1) is 23.2 Å². The van der Waals surface area contributed by atoms with Gasteiger partial charge in [0.15, 0.2) is 6.10 Å². The van der Waals surface area contributed by atoms with Gasteiger partial charge in [-0.3, -0.25) is 9.59 Å². The summed E-state index contributed by atoms with van der Waals surface area (Å²) in [5, 5.41) is 6.65. The number of halogens is 5. The second-order valence-corrected chi connectivity index (χ2v) is 10.8. The predicted octanol–water partition coefficient (Wildman–Crippen LogP) is 7.58. The summed E-state index contributed by atoms with van der Waals surface area (Å²) in [6.45, 7) is 1.62. The van der Waals surface area contributed by atoms with Crippen LogP contribution in [0.3, 0.4) is 0 Å². The number of carbonyl (C=O) groups is 2. The Kier molecular flexibility index (Phi) is 7.74. The van der Waals surface area contributed by atoms with E-state index >= 15 is 0 Å². The van der Waals surface area contributed by atoms with E-state index in [1.54, 1.807) is 55.5 Å². The summed E-state index contributed by atoms with van der Waals surface area (Å²) < 4.78 is 4.33. The largest absolute Gasteiger partial charge is 0.481 e. The van der Waals surface area contributed by atoms with Crippen molar-refractivity contribution in [1.29, 1.82) is 0 Å². The number of rotatable bonds is 7. The van der Waals surface area contributed by atoms with Crippen molar-refractivity contribution in [2.75, 3.05) is 10.6 Å². The number of hydrogen-bond donors (Lipinski definition) is 2. The van der Waals surface area contributed by atoms with Crippen LogP contribution in [-0.4, -0.2) is 22.3 Å². The zero-order valence-corrected chi connectivity index (χ0v) is 22.0. The van der Waals surface area contributed by atoms with E-state index in [9.17, 15) is 9.59 Å². The zero-order valence-electron chi connectivity index (χ0n) is 18.2. The van der Waals surface area contributed by atoms with E-state index in [2.05, 4.69) is 10.6 Å². The Labute approximate surface area is 227 Å². The topological polar surface area (TPSA) is 67.4 Å². The molecule has 10 heteroatoms. The molecule has 1 aliphatic rings. The smallest absolute Gasteiger partial charge is 0.265 e. The predicted molar refractivity (Wildman–Crippen MR) is 142 cm³/mol. The number of amides is 2. The lowest BCUT2D eigenvalue weighted by Crippen LogP contribution is -2.30. The van der Waals surface area contributed by atoms with Gasteiger partial charge in [0.05, 0.1) is 16.6 Å². The van der Waals surface area contributed by atoms with Crippen molar-refractivity contribution < 1.29 is 14.3 Å². The third-order valence-electron chi connectivity index (χ3n) is 5.50. The van der Waals surface area contributed by atoms with Gasteiger partial charge in [-0.1, -0.05) is 53.0 Å². The number of carbonyl (C=O) groups excluding carboxylic acids is 2. The van der Waals surface area contributed by atoms with E-state index in [1.807, 2.05) is 18.2 Å². The lowest BCUT2D eigenvalue weighted by molar-refractivity contribution is -0.122. The maximum Gasteiger partial charge on any atom is 0.265 e. The maximum atomic E-state index is 13.0. The summed E-state index contributed by atoms with van der Waals surface area (Å²) in [5.41, 5.74) is 1.39. The minimum atomic E-state index is -1.31. The van der Waals surface area contributed by atoms with E-state index in [1.165, 1.54) is 0 Å². The molecule has 0 aliphatic heterocycles. The molecule has 3 aromatic carbocycles. The lowest BCUT2D eigenvalue weighted by Gasteiger charge is -2.16. The first-order valence-corrected chi connectivity index (χ1v) is 12.4. The number of para-hydroxylation sites is 1. The van der Waals surface area contributed by atoms with E-state index in [-0.39, 0.29) is 0 Å². The van der Waals surface area contributed by atoms with Gasteiger partial charge in [0, 0.05) is 21.7 Å². The highest BCUT2D eigenvalue weighted by Gasteiger charge is 2.67. The summed E-state index contributed by atoms with van der Waals surface area (Å²) in [4.78, 5) is 25.6. The van der Waals surface area contributed by atoms with Gasteiger partial charge in [0.2, 0.25) is 5.91 Å². The third kappa shape index (κ3) is 5.99. The Balaban J connectivity index is 1.44. The highest BCUT2D eigenvalue weighted by Crippen LogP contribution is 2.65. The molecule has 0 heterocycles. The molecule has 1 unspecified atom stereocenters. The van der Waals surface area contributed by atoms with E-state index in [0.29, 0.717) is 37.8 Å². The normalized spacial score (nSPS) is 18.9. The van der Waals surface area contributed by atoms with Gasteiger partial charge >= 0.3 is 0 Å². The average Bonchev–Trinajstić information content (AvgIpc) is 3.38. The van der Waals surface area contributed by atoms with Crippen LogP contribution >= 0.6 is 58.0 Å². The van der Waals surface area contributed by atoms with Gasteiger partial charge < -0.3 is 15.4 Å². The molecule has 0 bridgehead atoms. The van der Waals surface area contributed by atoms with E-state index < -0.39 is 34.1 Å². The van der Waals surface area contributed by atoms with Gasteiger partial charge in [0.1, 0.15) is 10.1 Å². The van der Waals surface area contributed by atoms with Crippen molar-refractivity contribution in [1.82, 2.24) is 0 Å². The molecule has 35 heavy (non-hydrogen) atoms. The van der Waals surface area contributed by atoms with Crippen LogP contribution in [0.15, 0.2) is 66.7 Å². The van der Waals surface area contributed by atoms with Crippen LogP contribution in [0.25, 0.3) is 0 Å². The van der Waals surface area contributed by atoms with E-state index in [4.69, 9.17) is 62.7 Å². The fraction of sp³-hybridized carbons (Fsp3) is 0.200. The van der Waals surface area contributed by atoms with Crippen LogP contribution < -0.4 is 15.4 Å². The Hall–Kier alpha value is -2.15. The molecular formula is C25H19Cl5N2O3. The zero-order chi connectivity index (χ0) is 25.3. The van der Waals surface area contributed by atoms with Crippen molar-refractivity contribution in [3.8, 4) is 5.75 Å². The van der Waals surface area contributed by atoms with Crippen molar-refractivity contribution in [3.63, 3.8) is 0 Å². The molecule has 1 aliphatic carbocycles. The van der Waals surface area contributed by atoms with Crippen LogP contribution in [-0.2, 0) is 9.59 Å². The molecule has 3 atom stereocenters. The SMILES string of the molecule is CC(Oc1ccccc1)C(=O)Nc1cc(NC(=O)[C@H]2[C@H](c3cc(Cl)cc(Cl)c3)C2(Cl)Cl)ccc1Cl. The standard InChI is InChI=1S/C25H19Cl5N2O3/c1-13(35-18-5-3-2-4-6-18)23(33)32-20-12-17(7-8-19(20)28)31-24(34)22-21(25(22,29)30)14-9-15(26)11-16(27)10-14/h2-13,21-22H,1H3,(H,31,34)(H,32,33)/t13?,21-,22+/m0/s1. The molecule has 4 rings (SSSR count). The highest BCUT2D eigenvalue weighted by molar-refractivity contribution is 6.53. The molecule has 1 fully saturated rings. The molecule has 2 amide bonds. The van der Waals surface area contributed by atoms with Gasteiger partial charge in [-0.05, 0) is 61.0 Å². The molecule has 5 nitrogen and oxygen atoms in total. The fourth-order valence-electron chi connectivity index (χ4n) is 3.73. The first-order chi connectivity index (χ1) is 16.6. The number of anilines is 2. The van der Waals surface area contributed by atoms with Crippen LogP contribution in [0, 0.1) is 5.92 Å². The second-order valence-electron chi connectivity index (χ2n) is 8.08. The lowest BCUT2D eigenvalue weighted by atomic mass is 10.1. The first kappa shape index (κ1) is 25.9. The molecule has 3 aromatic rings. The molecular weight excluding hydrogens is 554 g/mol. The number of alkyl halides is 2. The maximum absolute atomic E-state index is 13.0. The summed E-state index contributed by atoms with van der Waals surface area (Å²) >= 11 is 31.3. The minimum absolute atomic E-state index is 0.296. The Morgan fingerprint density at radius 2 is 1.57 bits per heavy atom.